The van der Waals surface area contributed by atoms with Crippen LogP contribution in [0.25, 0.3) is 6.08 Å². The second-order valence-corrected chi connectivity index (χ2v) is 9.23. The van der Waals surface area contributed by atoms with E-state index in [-0.39, 0.29) is 5.56 Å². The van der Waals surface area contributed by atoms with Gasteiger partial charge in [-0.15, -0.1) is 11.8 Å². The summed E-state index contributed by atoms with van der Waals surface area (Å²) in [7, 11) is 1.33. The third-order valence-corrected chi connectivity index (χ3v) is 6.97. The minimum absolute atomic E-state index is 0.212. The maximum atomic E-state index is 13.4. The van der Waals surface area contributed by atoms with Crippen molar-refractivity contribution in [3.63, 3.8) is 0 Å². The first kappa shape index (κ1) is 21.6. The Morgan fingerprint density at radius 1 is 1.26 bits per heavy atom. The molecule has 0 N–H and O–H groups in total. The number of ether oxygens (including phenoxy) is 1. The summed E-state index contributed by atoms with van der Waals surface area (Å²) in [5.74, 6) is -0.496. The van der Waals surface area contributed by atoms with Crippen LogP contribution in [-0.4, -0.2) is 23.9 Å². The Morgan fingerprint density at radius 2 is 2.00 bits per heavy atom. The highest BCUT2D eigenvalue weighted by Crippen LogP contribution is 2.31. The van der Waals surface area contributed by atoms with E-state index in [1.807, 2.05) is 42.7 Å². The topological polar surface area (TPSA) is 60.7 Å². The number of allylic oxidation sites excluding steroid dienone is 1. The molecule has 0 aliphatic carbocycles. The summed E-state index contributed by atoms with van der Waals surface area (Å²) in [5, 5.41) is 0.595. The van der Waals surface area contributed by atoms with Crippen LogP contribution in [0.3, 0.4) is 0 Å². The van der Waals surface area contributed by atoms with Gasteiger partial charge in [-0.2, -0.15) is 0 Å². The Morgan fingerprint density at radius 3 is 2.65 bits per heavy atom. The largest absolute Gasteiger partial charge is 0.466 e. The van der Waals surface area contributed by atoms with E-state index >= 15 is 0 Å². The van der Waals surface area contributed by atoms with Gasteiger partial charge in [0.2, 0.25) is 0 Å². The van der Waals surface area contributed by atoms with E-state index in [0.717, 1.165) is 16.0 Å². The third-order valence-electron chi connectivity index (χ3n) is 5.00. The van der Waals surface area contributed by atoms with E-state index in [0.29, 0.717) is 25.6 Å². The van der Waals surface area contributed by atoms with Crippen molar-refractivity contribution in [2.75, 3.05) is 13.4 Å². The van der Waals surface area contributed by atoms with Crippen molar-refractivity contribution in [2.24, 2.45) is 4.99 Å². The molecule has 1 aromatic heterocycles. The van der Waals surface area contributed by atoms with Gasteiger partial charge in [0, 0.05) is 9.92 Å². The number of rotatable bonds is 4. The number of halogens is 1. The van der Waals surface area contributed by atoms with Crippen molar-refractivity contribution in [1.29, 1.82) is 0 Å². The van der Waals surface area contributed by atoms with Crippen LogP contribution in [-0.2, 0) is 9.53 Å². The number of fused-ring (bicyclic) bond motifs is 1. The molecule has 2 aromatic carbocycles. The molecule has 1 atom stereocenters. The Bertz CT molecular complexity index is 1370. The predicted octanol–water partition coefficient (Wildman–Crippen LogP) is 3.78. The highest BCUT2D eigenvalue weighted by atomic mass is 35.5. The summed E-state index contributed by atoms with van der Waals surface area (Å²) in [6.07, 6.45) is 3.79. The molecule has 0 fully saturated rings. The molecule has 0 amide bonds. The molecule has 4 rings (SSSR count). The predicted molar refractivity (Wildman–Crippen MR) is 125 cm³/mol. The second-order valence-electron chi connectivity index (χ2n) is 6.90. The fourth-order valence-electron chi connectivity index (χ4n) is 3.54. The quantitative estimate of drug-likeness (QED) is 0.430. The first-order chi connectivity index (χ1) is 14.9. The standard InChI is InChI=1S/C23H19ClN2O3S2/c1-13-19(22(28)29-2)20(15-7-9-17(30-3)10-8-15)26-21(27)18(31-23(26)25-13)12-14-5-4-6-16(24)11-14/h4-12,20H,1-3H3. The average Bonchev–Trinajstić information content (AvgIpc) is 3.07. The van der Waals surface area contributed by atoms with Gasteiger partial charge >= 0.3 is 5.97 Å². The highest BCUT2D eigenvalue weighted by Gasteiger charge is 2.33. The normalized spacial score (nSPS) is 16.1. The van der Waals surface area contributed by atoms with Crippen molar-refractivity contribution < 1.29 is 9.53 Å². The molecule has 1 aliphatic heterocycles. The molecule has 0 radical (unpaired) electrons. The van der Waals surface area contributed by atoms with Crippen LogP contribution in [0.5, 0.6) is 0 Å². The minimum atomic E-state index is -0.610. The monoisotopic (exact) mass is 470 g/mol. The fourth-order valence-corrected chi connectivity index (χ4v) is 5.20. The Kier molecular flexibility index (Phi) is 6.18. The van der Waals surface area contributed by atoms with E-state index < -0.39 is 12.0 Å². The molecule has 2 heterocycles. The maximum Gasteiger partial charge on any atom is 0.338 e. The van der Waals surface area contributed by atoms with Gasteiger partial charge in [0.15, 0.2) is 4.80 Å². The van der Waals surface area contributed by atoms with Crippen LogP contribution in [0, 0.1) is 0 Å². The number of hydrogen-bond acceptors (Lipinski definition) is 6. The molecule has 8 heteroatoms. The zero-order chi connectivity index (χ0) is 22.1. The lowest BCUT2D eigenvalue weighted by Gasteiger charge is -2.24. The zero-order valence-electron chi connectivity index (χ0n) is 17.1. The summed E-state index contributed by atoms with van der Waals surface area (Å²) < 4.78 is 7.13. The molecular weight excluding hydrogens is 452 g/mol. The van der Waals surface area contributed by atoms with Crippen LogP contribution >= 0.6 is 34.7 Å². The molecule has 158 valence electrons. The van der Waals surface area contributed by atoms with Crippen LogP contribution in [0.4, 0.5) is 0 Å². The Hall–Kier alpha value is -2.61. The highest BCUT2D eigenvalue weighted by molar-refractivity contribution is 7.98. The van der Waals surface area contributed by atoms with E-state index in [1.54, 1.807) is 41.5 Å². The Labute approximate surface area is 192 Å². The summed E-state index contributed by atoms with van der Waals surface area (Å²) in [6.45, 7) is 1.77. The molecule has 0 bridgehead atoms. The number of carbonyl (C=O) groups excluding carboxylic acids is 1. The second kappa shape index (κ2) is 8.86. The molecule has 1 aliphatic rings. The van der Waals surface area contributed by atoms with Crippen molar-refractivity contribution in [3.8, 4) is 0 Å². The smallest absolute Gasteiger partial charge is 0.338 e. The van der Waals surface area contributed by atoms with Crippen LogP contribution in [0.1, 0.15) is 24.1 Å². The minimum Gasteiger partial charge on any atom is -0.466 e. The molecule has 1 unspecified atom stereocenters. The van der Waals surface area contributed by atoms with E-state index in [1.165, 1.54) is 18.4 Å². The zero-order valence-corrected chi connectivity index (χ0v) is 19.5. The third kappa shape index (κ3) is 4.13. The number of aromatic nitrogens is 1. The number of nitrogens with zero attached hydrogens (tertiary/aromatic N) is 2. The van der Waals surface area contributed by atoms with Gasteiger partial charge in [0.25, 0.3) is 5.56 Å². The molecule has 5 nitrogen and oxygen atoms in total. The lowest BCUT2D eigenvalue weighted by atomic mass is 9.96. The van der Waals surface area contributed by atoms with Gasteiger partial charge in [-0.3, -0.25) is 9.36 Å². The van der Waals surface area contributed by atoms with Crippen molar-refractivity contribution >= 4 is 46.7 Å². The van der Waals surface area contributed by atoms with Crippen molar-refractivity contribution in [1.82, 2.24) is 4.57 Å². The fraction of sp³-hybridized carbons (Fsp3) is 0.174. The first-order valence-electron chi connectivity index (χ1n) is 9.43. The number of thiazole rings is 1. The van der Waals surface area contributed by atoms with Crippen LogP contribution < -0.4 is 14.9 Å². The van der Waals surface area contributed by atoms with E-state index in [4.69, 9.17) is 16.3 Å². The number of carbonyl (C=O) groups is 1. The van der Waals surface area contributed by atoms with Crippen LogP contribution in [0.2, 0.25) is 5.02 Å². The summed E-state index contributed by atoms with van der Waals surface area (Å²) in [6, 6.07) is 14.5. The van der Waals surface area contributed by atoms with E-state index in [9.17, 15) is 9.59 Å². The number of thioether (sulfide) groups is 1. The molecule has 3 aromatic rings. The summed E-state index contributed by atoms with van der Waals surface area (Å²) in [4.78, 5) is 32.3. The Balaban J connectivity index is 1.96. The number of esters is 1. The molecule has 0 saturated carbocycles. The molecule has 31 heavy (non-hydrogen) atoms. The number of benzene rings is 2. The maximum absolute atomic E-state index is 13.4. The van der Waals surface area contributed by atoms with Gasteiger partial charge in [-0.25, -0.2) is 9.79 Å². The lowest BCUT2D eigenvalue weighted by molar-refractivity contribution is -0.136. The molecule has 0 spiro atoms. The van der Waals surface area contributed by atoms with Gasteiger partial charge in [0.05, 0.1) is 29.0 Å². The summed E-state index contributed by atoms with van der Waals surface area (Å²) in [5.41, 5.74) is 2.34. The van der Waals surface area contributed by atoms with Crippen molar-refractivity contribution in [2.45, 2.75) is 17.9 Å². The van der Waals surface area contributed by atoms with Crippen LogP contribution in [0.15, 0.2) is 74.5 Å². The van der Waals surface area contributed by atoms with E-state index in [2.05, 4.69) is 4.99 Å². The first-order valence-corrected chi connectivity index (χ1v) is 11.8. The molecule has 0 saturated heterocycles. The van der Waals surface area contributed by atoms with Crippen molar-refractivity contribution in [3.05, 3.63) is 95.6 Å². The lowest BCUT2D eigenvalue weighted by Crippen LogP contribution is -2.39. The van der Waals surface area contributed by atoms with Gasteiger partial charge in [-0.1, -0.05) is 47.2 Å². The van der Waals surface area contributed by atoms with Gasteiger partial charge in [-0.05, 0) is 54.6 Å². The SMILES string of the molecule is COC(=O)C1=C(C)N=c2sc(=Cc3cccc(Cl)c3)c(=O)n2C1c1ccc(SC)cc1. The van der Waals surface area contributed by atoms with Gasteiger partial charge < -0.3 is 4.74 Å². The number of methoxy groups -OCH3 is 1. The number of hydrogen-bond donors (Lipinski definition) is 0. The summed E-state index contributed by atoms with van der Waals surface area (Å²) >= 11 is 9.01. The average molecular weight is 471 g/mol. The van der Waals surface area contributed by atoms with Gasteiger partial charge in [0.1, 0.15) is 0 Å². The molecular formula is C23H19ClN2O3S2.